The van der Waals surface area contributed by atoms with Gasteiger partial charge in [0.2, 0.25) is 0 Å². The minimum atomic E-state index is 0.572. The Balaban J connectivity index is 1.62. The number of likely N-dealkylation sites (tertiary alicyclic amines) is 1. The van der Waals surface area contributed by atoms with Crippen LogP contribution in [0, 0.1) is 5.92 Å². The van der Waals surface area contributed by atoms with E-state index in [4.69, 9.17) is 4.74 Å². The lowest BCUT2D eigenvalue weighted by Crippen LogP contribution is -2.31. The molecular formula is C10H18N4O. The topological polar surface area (TPSA) is 54.0 Å². The highest BCUT2D eigenvalue weighted by Gasteiger charge is 2.16. The molecule has 15 heavy (non-hydrogen) atoms. The molecule has 1 aliphatic heterocycles. The highest BCUT2D eigenvalue weighted by molar-refractivity contribution is 4.86. The second kappa shape index (κ2) is 5.23. The molecule has 0 atom stereocenters. The summed E-state index contributed by atoms with van der Waals surface area (Å²) in [5.74, 6) is 0.716. The number of H-pyrrole nitrogens is 1. The molecule has 0 saturated carbocycles. The second-order valence-electron chi connectivity index (χ2n) is 4.22. The van der Waals surface area contributed by atoms with Gasteiger partial charge < -0.3 is 9.64 Å². The van der Waals surface area contributed by atoms with Gasteiger partial charge in [0.05, 0.1) is 19.4 Å². The summed E-state index contributed by atoms with van der Waals surface area (Å²) in [5, 5.41) is 10.3. The molecule has 1 saturated heterocycles. The van der Waals surface area contributed by atoms with E-state index in [1.54, 1.807) is 6.20 Å². The zero-order valence-electron chi connectivity index (χ0n) is 9.15. The summed E-state index contributed by atoms with van der Waals surface area (Å²) >= 11 is 0. The third-order valence-electron chi connectivity index (χ3n) is 2.91. The predicted octanol–water partition coefficient (Wildman–Crippen LogP) is 0.663. The molecule has 0 radical (unpaired) electrons. The van der Waals surface area contributed by atoms with E-state index in [0.29, 0.717) is 12.5 Å². The first-order valence-electron chi connectivity index (χ1n) is 5.45. The van der Waals surface area contributed by atoms with Gasteiger partial charge >= 0.3 is 0 Å². The summed E-state index contributed by atoms with van der Waals surface area (Å²) in [7, 11) is 2.17. The van der Waals surface area contributed by atoms with Crippen molar-refractivity contribution in [2.45, 2.75) is 19.4 Å². The van der Waals surface area contributed by atoms with Crippen molar-refractivity contribution in [2.75, 3.05) is 26.7 Å². The van der Waals surface area contributed by atoms with E-state index in [9.17, 15) is 0 Å². The number of aromatic nitrogens is 3. The molecule has 0 amide bonds. The first kappa shape index (κ1) is 10.6. The van der Waals surface area contributed by atoms with Gasteiger partial charge in [0.15, 0.2) is 0 Å². The van der Waals surface area contributed by atoms with Gasteiger partial charge in [-0.25, -0.2) is 0 Å². The van der Waals surface area contributed by atoms with Crippen LogP contribution in [0.25, 0.3) is 0 Å². The minimum Gasteiger partial charge on any atom is -0.375 e. The maximum absolute atomic E-state index is 5.61. The lowest BCUT2D eigenvalue weighted by molar-refractivity contribution is 0.0606. The molecule has 1 aromatic heterocycles. The van der Waals surface area contributed by atoms with E-state index < -0.39 is 0 Å². The summed E-state index contributed by atoms with van der Waals surface area (Å²) in [5.41, 5.74) is 0.878. The summed E-state index contributed by atoms with van der Waals surface area (Å²) in [4.78, 5) is 2.37. The maximum Gasteiger partial charge on any atom is 0.108 e. The molecule has 0 spiro atoms. The van der Waals surface area contributed by atoms with E-state index in [1.807, 2.05) is 0 Å². The molecule has 2 heterocycles. The SMILES string of the molecule is CN1CCC(COCc2cn[nH]n2)CC1. The van der Waals surface area contributed by atoms with Crippen LogP contribution in [0.3, 0.4) is 0 Å². The summed E-state index contributed by atoms with van der Waals surface area (Å²) in [6, 6.07) is 0. The molecule has 1 aliphatic rings. The van der Waals surface area contributed by atoms with Crippen LogP contribution in [0.4, 0.5) is 0 Å². The molecule has 2 rings (SSSR count). The van der Waals surface area contributed by atoms with Crippen molar-refractivity contribution in [3.63, 3.8) is 0 Å². The van der Waals surface area contributed by atoms with E-state index in [-0.39, 0.29) is 0 Å². The van der Waals surface area contributed by atoms with Gasteiger partial charge in [-0.15, -0.1) is 0 Å². The van der Waals surface area contributed by atoms with Crippen LogP contribution in [0.1, 0.15) is 18.5 Å². The Morgan fingerprint density at radius 3 is 3.00 bits per heavy atom. The molecule has 5 heteroatoms. The van der Waals surface area contributed by atoms with Gasteiger partial charge in [-0.1, -0.05) is 0 Å². The molecule has 0 aromatic carbocycles. The van der Waals surface area contributed by atoms with Crippen LogP contribution in [-0.4, -0.2) is 47.1 Å². The van der Waals surface area contributed by atoms with E-state index in [2.05, 4.69) is 27.4 Å². The van der Waals surface area contributed by atoms with Crippen molar-refractivity contribution in [2.24, 2.45) is 5.92 Å². The molecule has 1 N–H and O–H groups in total. The van der Waals surface area contributed by atoms with E-state index in [1.165, 1.54) is 25.9 Å². The standard InChI is InChI=1S/C10H18N4O/c1-14-4-2-9(3-5-14)7-15-8-10-6-11-13-12-10/h6,9H,2-5,7-8H2,1H3,(H,11,12,13). The zero-order chi connectivity index (χ0) is 10.5. The monoisotopic (exact) mass is 210 g/mol. The average Bonchev–Trinajstić information content (AvgIpc) is 2.74. The molecule has 1 fully saturated rings. The fraction of sp³-hybridized carbons (Fsp3) is 0.800. The van der Waals surface area contributed by atoms with Crippen molar-refractivity contribution in [3.8, 4) is 0 Å². The summed E-state index contributed by atoms with van der Waals surface area (Å²) in [6.45, 7) is 3.81. The minimum absolute atomic E-state index is 0.572. The fourth-order valence-corrected chi connectivity index (χ4v) is 1.85. The van der Waals surface area contributed by atoms with Gasteiger partial charge in [-0.2, -0.15) is 15.4 Å². The number of aromatic amines is 1. The second-order valence-corrected chi connectivity index (χ2v) is 4.22. The Bertz CT molecular complexity index is 267. The number of rotatable bonds is 4. The molecule has 0 bridgehead atoms. The number of hydrogen-bond donors (Lipinski definition) is 1. The van der Waals surface area contributed by atoms with Crippen molar-refractivity contribution in [1.82, 2.24) is 20.3 Å². The first-order valence-corrected chi connectivity index (χ1v) is 5.45. The molecule has 84 valence electrons. The van der Waals surface area contributed by atoms with Gasteiger partial charge in [0, 0.05) is 0 Å². The lowest BCUT2D eigenvalue weighted by atomic mass is 9.98. The summed E-state index contributed by atoms with van der Waals surface area (Å²) < 4.78 is 5.61. The van der Waals surface area contributed by atoms with Crippen molar-refractivity contribution in [1.29, 1.82) is 0 Å². The van der Waals surface area contributed by atoms with Gasteiger partial charge in [-0.3, -0.25) is 0 Å². The Hall–Kier alpha value is -0.940. The highest BCUT2D eigenvalue weighted by atomic mass is 16.5. The molecule has 1 aromatic rings. The number of ether oxygens (including phenoxy) is 1. The van der Waals surface area contributed by atoms with Crippen molar-refractivity contribution < 1.29 is 4.74 Å². The van der Waals surface area contributed by atoms with Crippen molar-refractivity contribution in [3.05, 3.63) is 11.9 Å². The van der Waals surface area contributed by atoms with Crippen LogP contribution in [0.2, 0.25) is 0 Å². The molecule has 0 unspecified atom stereocenters. The summed E-state index contributed by atoms with van der Waals surface area (Å²) in [6.07, 6.45) is 4.19. The molecule has 5 nitrogen and oxygen atoms in total. The predicted molar refractivity (Wildman–Crippen MR) is 56.3 cm³/mol. The number of piperidine rings is 1. The Morgan fingerprint density at radius 2 is 2.33 bits per heavy atom. The van der Waals surface area contributed by atoms with Crippen LogP contribution >= 0.6 is 0 Å². The first-order chi connectivity index (χ1) is 7.34. The highest BCUT2D eigenvalue weighted by Crippen LogP contribution is 2.16. The fourth-order valence-electron chi connectivity index (χ4n) is 1.85. The van der Waals surface area contributed by atoms with Crippen LogP contribution in [0.5, 0.6) is 0 Å². The largest absolute Gasteiger partial charge is 0.375 e. The quantitative estimate of drug-likeness (QED) is 0.793. The van der Waals surface area contributed by atoms with Gasteiger partial charge in [0.1, 0.15) is 5.69 Å². The number of hydrogen-bond acceptors (Lipinski definition) is 4. The Kier molecular flexibility index (Phi) is 3.69. The van der Waals surface area contributed by atoms with Gasteiger partial charge in [0.25, 0.3) is 0 Å². The molecule has 0 aliphatic carbocycles. The Morgan fingerprint density at radius 1 is 1.53 bits per heavy atom. The third-order valence-corrected chi connectivity index (χ3v) is 2.91. The average molecular weight is 210 g/mol. The van der Waals surface area contributed by atoms with Crippen molar-refractivity contribution >= 4 is 0 Å². The van der Waals surface area contributed by atoms with Crippen LogP contribution in [0.15, 0.2) is 6.20 Å². The van der Waals surface area contributed by atoms with Crippen LogP contribution < -0.4 is 0 Å². The Labute approximate surface area is 89.8 Å². The lowest BCUT2D eigenvalue weighted by Gasteiger charge is -2.28. The van der Waals surface area contributed by atoms with E-state index in [0.717, 1.165) is 12.3 Å². The smallest absolute Gasteiger partial charge is 0.108 e. The van der Waals surface area contributed by atoms with E-state index >= 15 is 0 Å². The molecular weight excluding hydrogens is 192 g/mol. The third kappa shape index (κ3) is 3.28. The van der Waals surface area contributed by atoms with Gasteiger partial charge in [-0.05, 0) is 38.9 Å². The number of nitrogens with one attached hydrogen (secondary N) is 1. The zero-order valence-corrected chi connectivity index (χ0v) is 9.15. The maximum atomic E-state index is 5.61. The number of nitrogens with zero attached hydrogens (tertiary/aromatic N) is 3. The normalized spacial score (nSPS) is 19.5. The van der Waals surface area contributed by atoms with Crippen LogP contribution in [-0.2, 0) is 11.3 Å².